The van der Waals surface area contributed by atoms with Crippen LogP contribution in [0.3, 0.4) is 0 Å². The van der Waals surface area contributed by atoms with Crippen molar-refractivity contribution in [3.8, 4) is 0 Å². The van der Waals surface area contributed by atoms with Gasteiger partial charge in [0.2, 0.25) is 0 Å². The van der Waals surface area contributed by atoms with Gasteiger partial charge in [-0.3, -0.25) is 4.79 Å². The fourth-order valence-electron chi connectivity index (χ4n) is 1.73. The van der Waals surface area contributed by atoms with Crippen LogP contribution in [0, 0.1) is 5.92 Å². The molecule has 0 aromatic rings. The number of alkyl halides is 6. The zero-order chi connectivity index (χ0) is 14.8. The molecule has 1 N–H and O–H groups in total. The molecule has 0 radical (unpaired) electrons. The Balaban J connectivity index is 5.64. The topological polar surface area (TPSA) is 37.3 Å². The van der Waals surface area contributed by atoms with Gasteiger partial charge in [0, 0.05) is 6.42 Å². The second kappa shape index (κ2) is 5.46. The van der Waals surface area contributed by atoms with E-state index in [4.69, 9.17) is 5.11 Å². The number of ketones is 1. The third-order valence-electron chi connectivity index (χ3n) is 2.66. The fraction of sp³-hybridized carbons (Fsp3) is 0.900. The first-order valence-corrected chi connectivity index (χ1v) is 5.31. The second-order valence-electron chi connectivity index (χ2n) is 3.94. The molecule has 0 aromatic heterocycles. The van der Waals surface area contributed by atoms with E-state index >= 15 is 0 Å². The molecule has 0 fully saturated rings. The number of aliphatic hydroxyl groups is 1. The fourth-order valence-corrected chi connectivity index (χ4v) is 1.73. The van der Waals surface area contributed by atoms with E-state index in [0.717, 1.165) is 6.92 Å². The predicted molar refractivity (Wildman–Crippen MR) is 50.8 cm³/mol. The average molecular weight is 280 g/mol. The van der Waals surface area contributed by atoms with Crippen molar-refractivity contribution in [3.05, 3.63) is 0 Å². The first-order chi connectivity index (χ1) is 7.93. The Hall–Kier alpha value is -0.790. The van der Waals surface area contributed by atoms with E-state index in [1.165, 1.54) is 6.92 Å². The Bertz CT molecular complexity index is 280. The molecule has 1 unspecified atom stereocenters. The molecule has 0 saturated heterocycles. The summed E-state index contributed by atoms with van der Waals surface area (Å²) < 4.78 is 75.1. The van der Waals surface area contributed by atoms with Gasteiger partial charge in [0.15, 0.2) is 0 Å². The molecule has 0 bridgehead atoms. The molecule has 0 aliphatic heterocycles. The van der Waals surface area contributed by atoms with Gasteiger partial charge in [0.25, 0.3) is 5.60 Å². The number of rotatable bonds is 5. The Labute approximate surface area is 100.0 Å². The van der Waals surface area contributed by atoms with Gasteiger partial charge in [-0.25, -0.2) is 0 Å². The molecule has 8 heteroatoms. The molecule has 0 aliphatic rings. The van der Waals surface area contributed by atoms with Crippen LogP contribution in [0.4, 0.5) is 26.3 Å². The summed E-state index contributed by atoms with van der Waals surface area (Å²) >= 11 is 0. The molecule has 1 atom stereocenters. The van der Waals surface area contributed by atoms with Gasteiger partial charge in [-0.15, -0.1) is 0 Å². The molecule has 0 aliphatic carbocycles. The van der Waals surface area contributed by atoms with Crippen LogP contribution in [0.25, 0.3) is 0 Å². The summed E-state index contributed by atoms with van der Waals surface area (Å²) in [6.45, 7) is 2.45. The van der Waals surface area contributed by atoms with Crippen molar-refractivity contribution in [2.45, 2.75) is 51.1 Å². The number of halogens is 6. The van der Waals surface area contributed by atoms with Gasteiger partial charge >= 0.3 is 12.4 Å². The molecule has 0 rings (SSSR count). The van der Waals surface area contributed by atoms with Crippen LogP contribution in [0.5, 0.6) is 0 Å². The van der Waals surface area contributed by atoms with Gasteiger partial charge in [0.1, 0.15) is 5.78 Å². The quantitative estimate of drug-likeness (QED) is 0.785. The van der Waals surface area contributed by atoms with Gasteiger partial charge in [-0.05, 0) is 12.8 Å². The molecule has 2 nitrogen and oxygen atoms in total. The molecule has 0 aromatic carbocycles. The molecule has 0 spiro atoms. The summed E-state index contributed by atoms with van der Waals surface area (Å²) in [4.78, 5) is 11.4. The summed E-state index contributed by atoms with van der Waals surface area (Å²) in [6.07, 6.45) is -13.0. The summed E-state index contributed by atoms with van der Waals surface area (Å²) in [5.74, 6) is -3.77. The first kappa shape index (κ1) is 17.2. The lowest BCUT2D eigenvalue weighted by Crippen LogP contribution is -2.63. The minimum Gasteiger partial charge on any atom is -0.373 e. The zero-order valence-electron chi connectivity index (χ0n) is 9.82. The van der Waals surface area contributed by atoms with E-state index in [-0.39, 0.29) is 6.42 Å². The maximum absolute atomic E-state index is 12.5. The number of carbonyl (C=O) groups excluding carboxylic acids is 1. The third-order valence-corrected chi connectivity index (χ3v) is 2.66. The van der Waals surface area contributed by atoms with E-state index in [9.17, 15) is 31.1 Å². The monoisotopic (exact) mass is 280 g/mol. The summed E-state index contributed by atoms with van der Waals surface area (Å²) in [7, 11) is 0. The summed E-state index contributed by atoms with van der Waals surface area (Å²) in [5.41, 5.74) is -4.99. The minimum absolute atomic E-state index is 0.112. The first-order valence-electron chi connectivity index (χ1n) is 5.31. The van der Waals surface area contributed by atoms with Crippen LogP contribution < -0.4 is 0 Å². The minimum atomic E-state index is -5.95. The van der Waals surface area contributed by atoms with Crippen LogP contribution in [0.1, 0.15) is 33.1 Å². The SMILES string of the molecule is CCCC(=O)C(CC)C(O)(C(F)(F)F)C(F)(F)F. The second-order valence-corrected chi connectivity index (χ2v) is 3.94. The highest BCUT2D eigenvalue weighted by atomic mass is 19.4. The summed E-state index contributed by atoms with van der Waals surface area (Å²) in [5, 5.41) is 9.07. The molecular weight excluding hydrogens is 266 g/mol. The maximum Gasteiger partial charge on any atom is 0.427 e. The van der Waals surface area contributed by atoms with E-state index in [1.54, 1.807) is 0 Å². The molecule has 18 heavy (non-hydrogen) atoms. The van der Waals surface area contributed by atoms with E-state index in [2.05, 4.69) is 0 Å². The number of hydrogen-bond donors (Lipinski definition) is 1. The Morgan fingerprint density at radius 1 is 1.06 bits per heavy atom. The highest BCUT2D eigenvalue weighted by molar-refractivity contribution is 5.82. The van der Waals surface area contributed by atoms with Crippen molar-refractivity contribution < 1.29 is 36.2 Å². The molecular formula is C10H14F6O2. The van der Waals surface area contributed by atoms with Crippen LogP contribution in [-0.2, 0) is 4.79 Å². The number of Topliss-reactive ketones (excluding diaryl/α,β-unsaturated/α-hetero) is 1. The maximum atomic E-state index is 12.5. The van der Waals surface area contributed by atoms with E-state index in [1.807, 2.05) is 0 Å². The van der Waals surface area contributed by atoms with Crippen LogP contribution >= 0.6 is 0 Å². The highest BCUT2D eigenvalue weighted by Gasteiger charge is 2.74. The third kappa shape index (κ3) is 2.96. The standard InChI is InChI=1S/C10H14F6O2/c1-3-5-7(17)6(4-2)8(18,9(11,12)13)10(14,15)16/h6,18H,3-5H2,1-2H3. The van der Waals surface area contributed by atoms with Gasteiger partial charge in [-0.2, -0.15) is 26.3 Å². The van der Waals surface area contributed by atoms with Crippen LogP contribution in [-0.4, -0.2) is 28.8 Å². The van der Waals surface area contributed by atoms with Crippen molar-refractivity contribution in [2.24, 2.45) is 5.92 Å². The van der Waals surface area contributed by atoms with Crippen LogP contribution in [0.2, 0.25) is 0 Å². The van der Waals surface area contributed by atoms with Crippen molar-refractivity contribution >= 4 is 5.78 Å². The van der Waals surface area contributed by atoms with Gasteiger partial charge < -0.3 is 5.11 Å². The normalized spacial score (nSPS) is 15.6. The largest absolute Gasteiger partial charge is 0.427 e. The van der Waals surface area contributed by atoms with Gasteiger partial charge in [-0.1, -0.05) is 13.8 Å². The number of hydrogen-bond acceptors (Lipinski definition) is 2. The molecule has 0 heterocycles. The summed E-state index contributed by atoms with van der Waals surface area (Å²) in [6, 6.07) is 0. The Morgan fingerprint density at radius 2 is 1.44 bits per heavy atom. The zero-order valence-corrected chi connectivity index (χ0v) is 9.82. The molecule has 108 valence electrons. The Kier molecular flexibility index (Phi) is 5.22. The molecule has 0 saturated carbocycles. The highest BCUT2D eigenvalue weighted by Crippen LogP contribution is 2.49. The lowest BCUT2D eigenvalue weighted by atomic mass is 9.79. The Morgan fingerprint density at radius 3 is 1.67 bits per heavy atom. The van der Waals surface area contributed by atoms with E-state index in [0.29, 0.717) is 0 Å². The van der Waals surface area contributed by atoms with Crippen molar-refractivity contribution in [1.82, 2.24) is 0 Å². The van der Waals surface area contributed by atoms with Crippen molar-refractivity contribution in [1.29, 1.82) is 0 Å². The van der Waals surface area contributed by atoms with Crippen molar-refractivity contribution in [2.75, 3.05) is 0 Å². The smallest absolute Gasteiger partial charge is 0.373 e. The number of carbonyl (C=O) groups is 1. The molecule has 0 amide bonds. The average Bonchev–Trinajstić information content (AvgIpc) is 2.15. The lowest BCUT2D eigenvalue weighted by Gasteiger charge is -2.37. The van der Waals surface area contributed by atoms with E-state index < -0.39 is 42.5 Å². The van der Waals surface area contributed by atoms with Crippen LogP contribution in [0.15, 0.2) is 0 Å². The van der Waals surface area contributed by atoms with Crippen molar-refractivity contribution in [3.63, 3.8) is 0 Å². The lowest BCUT2D eigenvalue weighted by molar-refractivity contribution is -0.380. The van der Waals surface area contributed by atoms with Gasteiger partial charge in [0.05, 0.1) is 5.92 Å². The predicted octanol–water partition coefficient (Wildman–Crippen LogP) is 3.24.